The minimum atomic E-state index is -0.724. The molecule has 12 rings (SSSR count). The van der Waals surface area contributed by atoms with E-state index in [4.69, 9.17) is 19.7 Å². The number of hydrogen-bond acceptors (Lipinski definition) is 5. The highest BCUT2D eigenvalue weighted by Crippen LogP contribution is 2.64. The Kier molecular flexibility index (Phi) is 8.06. The van der Waals surface area contributed by atoms with Crippen LogP contribution < -0.4 is 4.74 Å². The summed E-state index contributed by atoms with van der Waals surface area (Å²) in [5.41, 5.74) is 14.0. The Labute approximate surface area is 358 Å². The lowest BCUT2D eigenvalue weighted by Gasteiger charge is -2.39. The fourth-order valence-electron chi connectivity index (χ4n) is 9.76. The first-order valence-electron chi connectivity index (χ1n) is 20.7. The van der Waals surface area contributed by atoms with Gasteiger partial charge < -0.3 is 4.74 Å². The normalized spacial score (nSPS) is 12.8. The summed E-state index contributed by atoms with van der Waals surface area (Å²) < 4.78 is 6.73. The second kappa shape index (κ2) is 14.1. The Morgan fingerprint density at radius 3 is 1.50 bits per heavy atom. The third kappa shape index (κ3) is 5.37. The third-order valence-electron chi connectivity index (χ3n) is 12.5. The molecule has 2 heterocycles. The van der Waals surface area contributed by atoms with E-state index in [1.54, 1.807) is 0 Å². The van der Waals surface area contributed by atoms with Gasteiger partial charge in [0.25, 0.3) is 0 Å². The number of ether oxygens (including phenoxy) is 1. The van der Waals surface area contributed by atoms with Crippen LogP contribution in [0.1, 0.15) is 27.8 Å². The van der Waals surface area contributed by atoms with Gasteiger partial charge in [0.15, 0.2) is 17.5 Å². The molecule has 0 saturated heterocycles. The van der Waals surface area contributed by atoms with Crippen LogP contribution in [0.15, 0.2) is 206 Å². The standard InChI is InChI=1S/C57H34N4O/c58-35-36-26-28-37(29-27-36)41-32-33-44(43-19-8-7-18-42(41)43)45-20-13-23-49-53(45)46-31-30-40(34-50(46)57(49)47-21-9-11-24-51(47)62-52-25-12-10-22-48(52)57)56-60-54(38-14-3-1-4-15-38)59-55(61-56)39-16-5-2-6-17-39/h1-34H. The molecular formula is C57H34N4O. The van der Waals surface area contributed by atoms with Gasteiger partial charge in [0.1, 0.15) is 11.5 Å². The van der Waals surface area contributed by atoms with Crippen molar-refractivity contribution in [3.63, 3.8) is 0 Å². The first-order valence-corrected chi connectivity index (χ1v) is 20.7. The van der Waals surface area contributed by atoms with E-state index in [1.807, 2.05) is 97.1 Å². The van der Waals surface area contributed by atoms with Crippen molar-refractivity contribution in [2.45, 2.75) is 5.41 Å². The van der Waals surface area contributed by atoms with Gasteiger partial charge >= 0.3 is 0 Å². The van der Waals surface area contributed by atoms with Crippen molar-refractivity contribution in [1.82, 2.24) is 15.0 Å². The number of para-hydroxylation sites is 2. The average molecular weight is 791 g/mol. The van der Waals surface area contributed by atoms with Crippen LogP contribution in [0, 0.1) is 11.3 Å². The highest BCUT2D eigenvalue weighted by Gasteiger charge is 2.52. The van der Waals surface area contributed by atoms with Crippen molar-refractivity contribution >= 4 is 10.8 Å². The van der Waals surface area contributed by atoms with Crippen molar-refractivity contribution < 1.29 is 4.74 Å². The quantitative estimate of drug-likeness (QED) is 0.174. The molecule has 0 saturated carbocycles. The Balaban J connectivity index is 1.14. The number of rotatable bonds is 5. The summed E-state index contributed by atoms with van der Waals surface area (Å²) in [6.45, 7) is 0. The summed E-state index contributed by atoms with van der Waals surface area (Å²) in [4.78, 5) is 15.3. The summed E-state index contributed by atoms with van der Waals surface area (Å²) in [7, 11) is 0. The molecule has 0 N–H and O–H groups in total. The number of benzene rings is 9. The molecule has 1 aliphatic heterocycles. The summed E-state index contributed by atoms with van der Waals surface area (Å²) >= 11 is 0. The molecule has 10 aromatic rings. The van der Waals surface area contributed by atoms with Crippen LogP contribution in [0.2, 0.25) is 0 Å². The summed E-state index contributed by atoms with van der Waals surface area (Å²) in [6.07, 6.45) is 0. The smallest absolute Gasteiger partial charge is 0.164 e. The molecule has 5 nitrogen and oxygen atoms in total. The lowest BCUT2D eigenvalue weighted by Crippen LogP contribution is -2.32. The van der Waals surface area contributed by atoms with Crippen molar-refractivity contribution in [3.8, 4) is 85.1 Å². The van der Waals surface area contributed by atoms with Crippen molar-refractivity contribution in [1.29, 1.82) is 5.26 Å². The van der Waals surface area contributed by atoms with Gasteiger partial charge in [-0.2, -0.15) is 5.26 Å². The Bertz CT molecular complexity index is 3340. The van der Waals surface area contributed by atoms with E-state index >= 15 is 0 Å². The second-order valence-corrected chi connectivity index (χ2v) is 15.8. The molecule has 0 unspecified atom stereocenters. The highest BCUT2D eigenvalue weighted by molar-refractivity contribution is 6.08. The molecule has 0 bridgehead atoms. The molecule has 0 fully saturated rings. The van der Waals surface area contributed by atoms with E-state index in [2.05, 4.69) is 115 Å². The van der Waals surface area contributed by atoms with Gasteiger partial charge in [0.05, 0.1) is 17.0 Å². The molecule has 62 heavy (non-hydrogen) atoms. The third-order valence-corrected chi connectivity index (χ3v) is 12.5. The van der Waals surface area contributed by atoms with Gasteiger partial charge in [0.2, 0.25) is 0 Å². The zero-order valence-corrected chi connectivity index (χ0v) is 33.3. The summed E-state index contributed by atoms with van der Waals surface area (Å²) in [5.74, 6) is 3.50. The van der Waals surface area contributed by atoms with Crippen LogP contribution in [0.3, 0.4) is 0 Å². The van der Waals surface area contributed by atoms with Gasteiger partial charge in [-0.3, -0.25) is 0 Å². The maximum absolute atomic E-state index is 9.50. The van der Waals surface area contributed by atoms with Crippen LogP contribution in [0.25, 0.3) is 78.3 Å². The van der Waals surface area contributed by atoms with Crippen LogP contribution in [-0.4, -0.2) is 15.0 Å². The van der Waals surface area contributed by atoms with E-state index in [-0.39, 0.29) is 0 Å². The van der Waals surface area contributed by atoms with E-state index in [0.717, 1.165) is 83.5 Å². The minimum absolute atomic E-state index is 0.602. The molecule has 288 valence electrons. The monoisotopic (exact) mass is 790 g/mol. The summed E-state index contributed by atoms with van der Waals surface area (Å²) in [5, 5.41) is 11.8. The molecular weight excluding hydrogens is 757 g/mol. The number of hydrogen-bond donors (Lipinski definition) is 0. The molecule has 1 spiro atoms. The number of nitriles is 1. The van der Waals surface area contributed by atoms with Gasteiger partial charge in [-0.25, -0.2) is 15.0 Å². The first kappa shape index (κ1) is 35.5. The highest BCUT2D eigenvalue weighted by atomic mass is 16.5. The molecule has 5 heteroatoms. The molecule has 0 radical (unpaired) electrons. The van der Waals surface area contributed by atoms with Gasteiger partial charge in [-0.15, -0.1) is 0 Å². The maximum atomic E-state index is 9.50. The zero-order chi connectivity index (χ0) is 41.2. The second-order valence-electron chi connectivity index (χ2n) is 15.8. The van der Waals surface area contributed by atoms with Gasteiger partial charge in [-0.05, 0) is 85.6 Å². The Morgan fingerprint density at radius 2 is 0.871 bits per heavy atom. The largest absolute Gasteiger partial charge is 0.457 e. The van der Waals surface area contributed by atoms with Crippen molar-refractivity contribution in [3.05, 3.63) is 234 Å². The van der Waals surface area contributed by atoms with Crippen molar-refractivity contribution in [2.75, 3.05) is 0 Å². The SMILES string of the molecule is N#Cc1ccc(-c2ccc(-c3cccc4c3-c3ccc(-c5nc(-c6ccccc6)nc(-c6ccccc6)n5)cc3C43c4ccccc4Oc4ccccc43)c3ccccc23)cc1. The predicted molar refractivity (Wildman–Crippen MR) is 247 cm³/mol. The minimum Gasteiger partial charge on any atom is -0.457 e. The number of nitrogens with zero attached hydrogens (tertiary/aromatic N) is 4. The first-order chi connectivity index (χ1) is 30.7. The van der Waals surface area contributed by atoms with Gasteiger partial charge in [0, 0.05) is 27.8 Å². The molecule has 2 aliphatic rings. The van der Waals surface area contributed by atoms with Crippen LogP contribution in [0.5, 0.6) is 11.5 Å². The van der Waals surface area contributed by atoms with E-state index in [9.17, 15) is 5.26 Å². The fraction of sp³-hybridized carbons (Fsp3) is 0.0175. The number of aromatic nitrogens is 3. The Morgan fingerprint density at radius 1 is 0.371 bits per heavy atom. The average Bonchev–Trinajstić information content (AvgIpc) is 3.64. The zero-order valence-electron chi connectivity index (χ0n) is 33.3. The molecule has 0 atom stereocenters. The van der Waals surface area contributed by atoms with E-state index in [0.29, 0.717) is 23.0 Å². The lowest BCUT2D eigenvalue weighted by atomic mass is 9.66. The molecule has 9 aromatic carbocycles. The van der Waals surface area contributed by atoms with Gasteiger partial charge in [-0.1, -0.05) is 176 Å². The van der Waals surface area contributed by atoms with E-state index < -0.39 is 5.41 Å². The van der Waals surface area contributed by atoms with Crippen molar-refractivity contribution in [2.24, 2.45) is 0 Å². The summed E-state index contributed by atoms with van der Waals surface area (Å²) in [6, 6.07) is 73.9. The van der Waals surface area contributed by atoms with Crippen LogP contribution in [-0.2, 0) is 5.41 Å². The predicted octanol–water partition coefficient (Wildman–Crippen LogP) is 13.7. The molecule has 1 aliphatic carbocycles. The van der Waals surface area contributed by atoms with Crippen LogP contribution in [0.4, 0.5) is 0 Å². The topological polar surface area (TPSA) is 71.7 Å². The Hall–Kier alpha value is -8.46. The van der Waals surface area contributed by atoms with Crippen LogP contribution >= 0.6 is 0 Å². The molecule has 0 amide bonds. The fourth-order valence-corrected chi connectivity index (χ4v) is 9.76. The van der Waals surface area contributed by atoms with E-state index in [1.165, 1.54) is 11.1 Å². The maximum Gasteiger partial charge on any atom is 0.164 e. The molecule has 1 aromatic heterocycles. The number of fused-ring (bicyclic) bond motifs is 10. The lowest BCUT2D eigenvalue weighted by molar-refractivity contribution is 0.436.